The number of hydrogen-bond donors (Lipinski definition) is 0. The lowest BCUT2D eigenvalue weighted by Gasteiger charge is -2.45. The first-order valence-electron chi connectivity index (χ1n) is 7.46. The molecule has 0 aromatic rings. The molecule has 1 aliphatic rings. The molecule has 24 heavy (non-hydrogen) atoms. The van der Waals surface area contributed by atoms with Crippen LogP contribution in [0.1, 0.15) is 13.8 Å². The van der Waals surface area contributed by atoms with Crippen LogP contribution >= 0.6 is 0 Å². The van der Waals surface area contributed by atoms with Crippen molar-refractivity contribution in [3.8, 4) is 0 Å². The second kappa shape index (κ2) is 9.90. The maximum atomic E-state index is 11.4. The second-order valence-corrected chi connectivity index (χ2v) is 5.26. The summed E-state index contributed by atoms with van der Waals surface area (Å²) in [4.78, 5) is 22.4. The van der Waals surface area contributed by atoms with Crippen LogP contribution < -0.4 is 0 Å². The van der Waals surface area contributed by atoms with Gasteiger partial charge in [-0.1, -0.05) is 0 Å². The topological polar surface area (TPSA) is 98.8 Å². The zero-order chi connectivity index (χ0) is 18.3. The Morgan fingerprint density at radius 2 is 1.54 bits per heavy atom. The minimum Gasteiger partial charge on any atom is -0.463 e. The Bertz CT molecular complexity index is 412. The van der Waals surface area contributed by atoms with Crippen molar-refractivity contribution in [2.45, 2.75) is 50.7 Å². The number of methoxy groups -OCH3 is 4. The van der Waals surface area contributed by atoms with E-state index in [4.69, 9.17) is 33.2 Å². The highest BCUT2D eigenvalue weighted by atomic mass is 16.7. The Morgan fingerprint density at radius 3 is 1.96 bits per heavy atom. The van der Waals surface area contributed by atoms with Gasteiger partial charge in [0.15, 0.2) is 12.4 Å². The van der Waals surface area contributed by atoms with Gasteiger partial charge in [-0.2, -0.15) is 0 Å². The molecule has 0 aromatic carbocycles. The van der Waals surface area contributed by atoms with E-state index in [0.717, 1.165) is 0 Å². The Morgan fingerprint density at radius 1 is 0.917 bits per heavy atom. The molecule has 0 aliphatic carbocycles. The molecule has 9 heteroatoms. The van der Waals surface area contributed by atoms with Gasteiger partial charge in [-0.05, 0) is 0 Å². The summed E-state index contributed by atoms with van der Waals surface area (Å²) in [6.07, 6.45) is -4.27. The van der Waals surface area contributed by atoms with Crippen LogP contribution in [0.15, 0.2) is 0 Å². The summed E-state index contributed by atoms with van der Waals surface area (Å²) >= 11 is 0. The predicted octanol–water partition coefficient (Wildman–Crippen LogP) is -0.102. The van der Waals surface area contributed by atoms with Crippen LogP contribution in [0.4, 0.5) is 0 Å². The van der Waals surface area contributed by atoms with Crippen LogP contribution in [-0.4, -0.2) is 83.8 Å². The standard InChI is InChI=1S/C15H26O9/c1-8(16)22-7-10(18-3)11-12(19-4)13(20-5)14(23-9(2)17)15(21-6)24-11/h10-15H,7H2,1-6H3. The molecule has 0 amide bonds. The number of carbonyl (C=O) groups is 2. The first kappa shape index (κ1) is 20.8. The molecular weight excluding hydrogens is 324 g/mol. The molecule has 0 spiro atoms. The lowest BCUT2D eigenvalue weighted by Crippen LogP contribution is -2.64. The maximum Gasteiger partial charge on any atom is 0.303 e. The molecule has 140 valence electrons. The fourth-order valence-corrected chi connectivity index (χ4v) is 2.67. The highest BCUT2D eigenvalue weighted by Crippen LogP contribution is 2.30. The van der Waals surface area contributed by atoms with Crippen molar-refractivity contribution >= 4 is 11.9 Å². The fraction of sp³-hybridized carbons (Fsp3) is 0.867. The van der Waals surface area contributed by atoms with E-state index < -0.39 is 48.7 Å². The number of rotatable bonds is 8. The second-order valence-electron chi connectivity index (χ2n) is 5.26. The number of ether oxygens (including phenoxy) is 7. The Labute approximate surface area is 141 Å². The van der Waals surface area contributed by atoms with E-state index in [1.54, 1.807) is 0 Å². The third-order valence-corrected chi connectivity index (χ3v) is 3.73. The average molecular weight is 350 g/mol. The fourth-order valence-electron chi connectivity index (χ4n) is 2.67. The smallest absolute Gasteiger partial charge is 0.303 e. The van der Waals surface area contributed by atoms with Gasteiger partial charge in [-0.25, -0.2) is 0 Å². The third-order valence-electron chi connectivity index (χ3n) is 3.73. The summed E-state index contributed by atoms with van der Waals surface area (Å²) in [6.45, 7) is 2.56. The van der Waals surface area contributed by atoms with Gasteiger partial charge in [-0.15, -0.1) is 0 Å². The number of hydrogen-bond acceptors (Lipinski definition) is 9. The van der Waals surface area contributed by atoms with Gasteiger partial charge in [0, 0.05) is 42.3 Å². The van der Waals surface area contributed by atoms with E-state index in [-0.39, 0.29) is 6.61 Å². The summed E-state index contributed by atoms with van der Waals surface area (Å²) in [5, 5.41) is 0. The van der Waals surface area contributed by atoms with Crippen molar-refractivity contribution in [1.82, 2.24) is 0 Å². The van der Waals surface area contributed by atoms with E-state index in [1.807, 2.05) is 0 Å². The molecule has 6 unspecified atom stereocenters. The molecule has 1 heterocycles. The predicted molar refractivity (Wildman–Crippen MR) is 80.2 cm³/mol. The van der Waals surface area contributed by atoms with Crippen molar-refractivity contribution in [1.29, 1.82) is 0 Å². The lowest BCUT2D eigenvalue weighted by molar-refractivity contribution is -0.316. The highest BCUT2D eigenvalue weighted by Gasteiger charge is 2.51. The molecule has 0 radical (unpaired) electrons. The van der Waals surface area contributed by atoms with Crippen molar-refractivity contribution in [2.24, 2.45) is 0 Å². The molecule has 1 saturated heterocycles. The maximum absolute atomic E-state index is 11.4. The Kier molecular flexibility index (Phi) is 8.57. The minimum absolute atomic E-state index is 0.0263. The van der Waals surface area contributed by atoms with Crippen LogP contribution in [0.2, 0.25) is 0 Å². The van der Waals surface area contributed by atoms with Crippen LogP contribution in [-0.2, 0) is 42.7 Å². The number of carbonyl (C=O) groups excluding carboxylic acids is 2. The van der Waals surface area contributed by atoms with Crippen molar-refractivity contribution in [3.63, 3.8) is 0 Å². The van der Waals surface area contributed by atoms with Crippen LogP contribution in [0, 0.1) is 0 Å². The van der Waals surface area contributed by atoms with Crippen LogP contribution in [0.5, 0.6) is 0 Å². The molecule has 0 bridgehead atoms. The zero-order valence-corrected chi connectivity index (χ0v) is 14.8. The summed E-state index contributed by atoms with van der Waals surface area (Å²) < 4.78 is 37.7. The van der Waals surface area contributed by atoms with Crippen molar-refractivity contribution < 1.29 is 42.7 Å². The Hall–Kier alpha value is -1.26. The van der Waals surface area contributed by atoms with E-state index in [2.05, 4.69) is 0 Å². The Balaban J connectivity index is 3.03. The SMILES string of the molecule is COC(COC(C)=O)C1OC(OC)C(OC(C)=O)C(OC)C1OC. The van der Waals surface area contributed by atoms with Crippen molar-refractivity contribution in [2.75, 3.05) is 35.0 Å². The molecule has 0 aromatic heterocycles. The van der Waals surface area contributed by atoms with E-state index >= 15 is 0 Å². The van der Waals surface area contributed by atoms with Gasteiger partial charge in [0.05, 0.1) is 0 Å². The van der Waals surface area contributed by atoms with Crippen LogP contribution in [0.25, 0.3) is 0 Å². The molecule has 1 aliphatic heterocycles. The lowest BCUT2D eigenvalue weighted by atomic mass is 9.94. The molecule has 1 fully saturated rings. The molecule has 0 saturated carbocycles. The first-order valence-corrected chi connectivity index (χ1v) is 7.46. The molecule has 9 nitrogen and oxygen atoms in total. The van der Waals surface area contributed by atoms with Crippen molar-refractivity contribution in [3.05, 3.63) is 0 Å². The largest absolute Gasteiger partial charge is 0.463 e. The summed E-state index contributed by atoms with van der Waals surface area (Å²) in [6, 6.07) is 0. The van der Waals surface area contributed by atoms with Crippen LogP contribution in [0.3, 0.4) is 0 Å². The summed E-state index contributed by atoms with van der Waals surface area (Å²) in [5.74, 6) is -0.935. The monoisotopic (exact) mass is 350 g/mol. The molecular formula is C15H26O9. The third kappa shape index (κ3) is 5.12. The quantitative estimate of drug-likeness (QED) is 0.556. The molecule has 0 N–H and O–H groups in total. The average Bonchev–Trinajstić information content (AvgIpc) is 2.54. The van der Waals surface area contributed by atoms with E-state index in [0.29, 0.717) is 0 Å². The zero-order valence-electron chi connectivity index (χ0n) is 14.8. The minimum atomic E-state index is -0.884. The van der Waals surface area contributed by atoms with E-state index in [9.17, 15) is 9.59 Å². The van der Waals surface area contributed by atoms with Gasteiger partial charge in [0.2, 0.25) is 0 Å². The summed E-state index contributed by atoms with van der Waals surface area (Å²) in [5.41, 5.74) is 0. The molecule has 6 atom stereocenters. The van der Waals surface area contributed by atoms with Gasteiger partial charge >= 0.3 is 11.9 Å². The van der Waals surface area contributed by atoms with E-state index in [1.165, 1.54) is 42.3 Å². The normalized spacial score (nSPS) is 31.3. The molecule has 1 rings (SSSR count). The van der Waals surface area contributed by atoms with Gasteiger partial charge in [-0.3, -0.25) is 9.59 Å². The first-order chi connectivity index (χ1) is 11.4. The van der Waals surface area contributed by atoms with Gasteiger partial charge in [0.25, 0.3) is 0 Å². The summed E-state index contributed by atoms with van der Waals surface area (Å²) in [7, 11) is 5.83. The number of esters is 2. The van der Waals surface area contributed by atoms with Gasteiger partial charge in [0.1, 0.15) is 31.0 Å². The van der Waals surface area contributed by atoms with Gasteiger partial charge < -0.3 is 33.2 Å². The highest BCUT2D eigenvalue weighted by molar-refractivity contribution is 5.66.